The minimum absolute atomic E-state index is 0. The fourth-order valence-electron chi connectivity index (χ4n) is 3.46. The second kappa shape index (κ2) is 11.3. The van der Waals surface area contributed by atoms with Gasteiger partial charge in [-0.3, -0.25) is 4.99 Å². The highest BCUT2D eigenvalue weighted by Gasteiger charge is 2.15. The number of aryl methyl sites for hydroxylation is 1. The Hall–Kier alpha value is -1.87. The van der Waals surface area contributed by atoms with Crippen LogP contribution in [0.3, 0.4) is 0 Å². The lowest BCUT2D eigenvalue weighted by atomic mass is 10.1. The molecule has 29 heavy (non-hydrogen) atoms. The van der Waals surface area contributed by atoms with Crippen LogP contribution in [0, 0.1) is 6.92 Å². The Balaban J connectivity index is 0.00000300. The van der Waals surface area contributed by atoms with Crippen LogP contribution in [0.4, 0.5) is 5.82 Å². The smallest absolute Gasteiger partial charge is 0.193 e. The summed E-state index contributed by atoms with van der Waals surface area (Å²) in [5, 5.41) is 3.48. The maximum absolute atomic E-state index is 4.57. The number of aromatic nitrogens is 1. The van der Waals surface area contributed by atoms with Crippen molar-refractivity contribution in [3.63, 3.8) is 0 Å². The van der Waals surface area contributed by atoms with E-state index in [1.807, 2.05) is 13.2 Å². The van der Waals surface area contributed by atoms with Gasteiger partial charge in [-0.25, -0.2) is 4.98 Å². The predicted molar refractivity (Wildman–Crippen MR) is 132 cm³/mol. The summed E-state index contributed by atoms with van der Waals surface area (Å²) in [5.41, 5.74) is 3.83. The molecule has 0 bridgehead atoms. The standard InChI is InChI=1S/C22H32N6.HI/c1-18-7-5-6-8-20(18)17-27(4)22(23-2)25-16-19-9-10-24-21(15-19)28-13-11-26(3)12-14-28;/h5-10,15H,11-14,16-17H2,1-4H3,(H,23,25);1H. The lowest BCUT2D eigenvalue weighted by Crippen LogP contribution is -2.44. The van der Waals surface area contributed by atoms with Gasteiger partial charge in [-0.1, -0.05) is 24.3 Å². The van der Waals surface area contributed by atoms with Crippen LogP contribution in [-0.4, -0.2) is 68.1 Å². The number of guanidine groups is 1. The van der Waals surface area contributed by atoms with Gasteiger partial charge >= 0.3 is 0 Å². The molecule has 0 unspecified atom stereocenters. The lowest BCUT2D eigenvalue weighted by molar-refractivity contribution is 0.312. The monoisotopic (exact) mass is 508 g/mol. The number of hydrogen-bond acceptors (Lipinski definition) is 4. The number of likely N-dealkylation sites (N-methyl/N-ethyl adjacent to an activating group) is 1. The Morgan fingerprint density at radius 3 is 2.59 bits per heavy atom. The van der Waals surface area contributed by atoms with Gasteiger partial charge in [-0.2, -0.15) is 0 Å². The number of rotatable bonds is 5. The maximum Gasteiger partial charge on any atom is 0.193 e. The van der Waals surface area contributed by atoms with Crippen LogP contribution in [-0.2, 0) is 13.1 Å². The molecule has 1 aliphatic rings. The number of halogens is 1. The third kappa shape index (κ3) is 6.57. The van der Waals surface area contributed by atoms with E-state index in [2.05, 4.69) is 87.4 Å². The summed E-state index contributed by atoms with van der Waals surface area (Å²) in [5.74, 6) is 1.96. The SMILES string of the molecule is CN=C(NCc1ccnc(N2CCN(C)CC2)c1)N(C)Cc1ccccc1C.I. The van der Waals surface area contributed by atoms with Crippen LogP contribution in [0.15, 0.2) is 47.6 Å². The first-order chi connectivity index (χ1) is 13.6. The highest BCUT2D eigenvalue weighted by atomic mass is 127. The molecule has 1 aromatic carbocycles. The van der Waals surface area contributed by atoms with Crippen LogP contribution >= 0.6 is 24.0 Å². The van der Waals surface area contributed by atoms with E-state index >= 15 is 0 Å². The molecule has 0 atom stereocenters. The Kier molecular flexibility index (Phi) is 9.16. The van der Waals surface area contributed by atoms with Crippen molar-refractivity contribution in [1.82, 2.24) is 20.1 Å². The first-order valence-electron chi connectivity index (χ1n) is 9.91. The van der Waals surface area contributed by atoms with Gasteiger partial charge in [0, 0.05) is 59.6 Å². The number of nitrogens with one attached hydrogen (secondary N) is 1. The van der Waals surface area contributed by atoms with Gasteiger partial charge in [0.05, 0.1) is 0 Å². The summed E-state index contributed by atoms with van der Waals surface area (Å²) in [7, 11) is 6.08. The summed E-state index contributed by atoms with van der Waals surface area (Å²) < 4.78 is 0. The van der Waals surface area contributed by atoms with Gasteiger partial charge in [0.15, 0.2) is 5.96 Å². The fraction of sp³-hybridized carbons (Fsp3) is 0.455. The Bertz CT molecular complexity index is 801. The second-order valence-corrected chi connectivity index (χ2v) is 7.50. The molecule has 2 aromatic rings. The van der Waals surface area contributed by atoms with E-state index in [4.69, 9.17) is 0 Å². The number of hydrogen-bond donors (Lipinski definition) is 1. The van der Waals surface area contributed by atoms with Crippen molar-refractivity contribution >= 4 is 35.8 Å². The molecule has 0 saturated carbocycles. The zero-order valence-corrected chi connectivity index (χ0v) is 20.3. The summed E-state index contributed by atoms with van der Waals surface area (Å²) in [6.45, 7) is 7.93. The average Bonchev–Trinajstić information content (AvgIpc) is 2.71. The molecular formula is C22H33IN6. The molecule has 1 aliphatic heterocycles. The minimum Gasteiger partial charge on any atom is -0.354 e. The zero-order valence-electron chi connectivity index (χ0n) is 17.9. The van der Waals surface area contributed by atoms with Crippen LogP contribution in [0.25, 0.3) is 0 Å². The molecule has 1 aromatic heterocycles. The van der Waals surface area contributed by atoms with Crippen LogP contribution in [0.1, 0.15) is 16.7 Å². The van der Waals surface area contributed by atoms with Crippen molar-refractivity contribution in [2.45, 2.75) is 20.0 Å². The molecule has 6 nitrogen and oxygen atoms in total. The average molecular weight is 508 g/mol. The van der Waals surface area contributed by atoms with Crippen molar-refractivity contribution in [2.75, 3.05) is 52.2 Å². The Morgan fingerprint density at radius 1 is 1.17 bits per heavy atom. The largest absolute Gasteiger partial charge is 0.354 e. The molecule has 0 spiro atoms. The summed E-state index contributed by atoms with van der Waals surface area (Å²) >= 11 is 0. The lowest BCUT2D eigenvalue weighted by Gasteiger charge is -2.33. The zero-order chi connectivity index (χ0) is 19.9. The van der Waals surface area contributed by atoms with Crippen molar-refractivity contribution in [3.05, 3.63) is 59.3 Å². The molecule has 1 fully saturated rings. The maximum atomic E-state index is 4.57. The number of benzene rings is 1. The first kappa shape index (κ1) is 23.4. The van der Waals surface area contributed by atoms with E-state index in [1.165, 1.54) is 16.7 Å². The number of pyridine rings is 1. The highest BCUT2D eigenvalue weighted by Crippen LogP contribution is 2.15. The molecule has 2 heterocycles. The number of anilines is 1. The summed E-state index contributed by atoms with van der Waals surface area (Å²) in [6.07, 6.45) is 1.91. The third-order valence-electron chi connectivity index (χ3n) is 5.33. The quantitative estimate of drug-likeness (QED) is 0.383. The van der Waals surface area contributed by atoms with E-state index < -0.39 is 0 Å². The third-order valence-corrected chi connectivity index (χ3v) is 5.33. The van der Waals surface area contributed by atoms with E-state index in [9.17, 15) is 0 Å². The van der Waals surface area contributed by atoms with Gasteiger partial charge in [0.25, 0.3) is 0 Å². The van der Waals surface area contributed by atoms with Crippen molar-refractivity contribution < 1.29 is 0 Å². The van der Waals surface area contributed by atoms with Crippen molar-refractivity contribution in [1.29, 1.82) is 0 Å². The van der Waals surface area contributed by atoms with E-state index in [0.29, 0.717) is 0 Å². The van der Waals surface area contributed by atoms with Crippen molar-refractivity contribution in [3.8, 4) is 0 Å². The Morgan fingerprint density at radius 2 is 1.90 bits per heavy atom. The molecule has 0 radical (unpaired) electrons. The second-order valence-electron chi connectivity index (χ2n) is 7.50. The molecule has 1 N–H and O–H groups in total. The van der Waals surface area contributed by atoms with Crippen molar-refractivity contribution in [2.24, 2.45) is 4.99 Å². The van der Waals surface area contributed by atoms with Crippen LogP contribution in [0.5, 0.6) is 0 Å². The van der Waals surface area contributed by atoms with Crippen LogP contribution in [0.2, 0.25) is 0 Å². The number of aliphatic imine (C=N–C) groups is 1. The molecular weight excluding hydrogens is 475 g/mol. The van der Waals surface area contributed by atoms with Gasteiger partial charge < -0.3 is 20.0 Å². The molecule has 0 aliphatic carbocycles. The molecule has 7 heteroatoms. The fourth-order valence-corrected chi connectivity index (χ4v) is 3.46. The topological polar surface area (TPSA) is 47.0 Å². The van der Waals surface area contributed by atoms with Gasteiger partial charge in [-0.15, -0.1) is 24.0 Å². The summed E-state index contributed by atoms with van der Waals surface area (Å²) in [6, 6.07) is 12.7. The van der Waals surface area contributed by atoms with E-state index in [-0.39, 0.29) is 24.0 Å². The molecule has 0 amide bonds. The molecule has 3 rings (SSSR count). The predicted octanol–water partition coefficient (Wildman–Crippen LogP) is 2.97. The van der Waals surface area contributed by atoms with E-state index in [0.717, 1.165) is 51.0 Å². The van der Waals surface area contributed by atoms with Gasteiger partial charge in [-0.05, 0) is 42.8 Å². The Labute approximate surface area is 192 Å². The first-order valence-corrected chi connectivity index (χ1v) is 9.91. The van der Waals surface area contributed by atoms with Crippen LogP contribution < -0.4 is 10.2 Å². The molecule has 1 saturated heterocycles. The highest BCUT2D eigenvalue weighted by molar-refractivity contribution is 14.0. The summed E-state index contributed by atoms with van der Waals surface area (Å²) in [4.78, 5) is 15.9. The molecule has 158 valence electrons. The normalized spacial score (nSPS) is 15.0. The minimum atomic E-state index is 0. The number of piperazine rings is 1. The van der Waals surface area contributed by atoms with E-state index in [1.54, 1.807) is 0 Å². The number of nitrogens with zero attached hydrogens (tertiary/aromatic N) is 5. The van der Waals surface area contributed by atoms with Gasteiger partial charge in [0.2, 0.25) is 0 Å². The van der Waals surface area contributed by atoms with Gasteiger partial charge in [0.1, 0.15) is 5.82 Å².